The predicted octanol–water partition coefficient (Wildman–Crippen LogP) is 0.966. The van der Waals surface area contributed by atoms with Crippen LogP contribution in [-0.4, -0.2) is 15.0 Å². The molecule has 0 aromatic carbocycles. The molecule has 2 heterocycles. The Hall–Kier alpha value is -2.04. The van der Waals surface area contributed by atoms with Crippen LogP contribution in [0.4, 0.5) is 5.82 Å². The maximum Gasteiger partial charge on any atom is 0.148 e. The molecule has 0 amide bonds. The molecule has 0 fully saturated rings. The lowest BCUT2D eigenvalue weighted by Gasteiger charge is -2.03. The van der Waals surface area contributed by atoms with Crippen molar-refractivity contribution in [2.75, 3.05) is 5.73 Å². The molecule has 5 heteroatoms. The molecule has 0 bridgehead atoms. The molecule has 2 rings (SSSR count). The monoisotopic (exact) mass is 190 g/mol. The van der Waals surface area contributed by atoms with Gasteiger partial charge in [0.05, 0.1) is 18.2 Å². The number of hydrogen-bond acceptors (Lipinski definition) is 4. The van der Waals surface area contributed by atoms with Crippen molar-refractivity contribution < 1.29 is 4.74 Å². The molecule has 0 aliphatic carbocycles. The third-order valence-electron chi connectivity index (χ3n) is 1.77. The van der Waals surface area contributed by atoms with Crippen molar-refractivity contribution in [2.45, 2.75) is 6.61 Å². The third kappa shape index (κ3) is 1.82. The molecule has 0 aliphatic heterocycles. The van der Waals surface area contributed by atoms with E-state index >= 15 is 0 Å². The molecule has 0 unspecified atom stereocenters. The number of pyridine rings is 1. The van der Waals surface area contributed by atoms with Crippen molar-refractivity contribution >= 4 is 5.82 Å². The molecular weight excluding hydrogens is 180 g/mol. The standard InChI is InChI=1S/C9H10N4O/c10-9-8(12-6-13-9)5-14-7-2-1-3-11-4-7/h1-4,6H,5,10H2,(H,12,13). The van der Waals surface area contributed by atoms with Crippen LogP contribution in [0.1, 0.15) is 5.69 Å². The molecule has 0 saturated carbocycles. The average Bonchev–Trinajstić information content (AvgIpc) is 2.63. The van der Waals surface area contributed by atoms with Crippen molar-refractivity contribution in [3.63, 3.8) is 0 Å². The summed E-state index contributed by atoms with van der Waals surface area (Å²) in [7, 11) is 0. The van der Waals surface area contributed by atoms with E-state index in [1.54, 1.807) is 12.4 Å². The largest absolute Gasteiger partial charge is 0.486 e. The molecule has 0 spiro atoms. The Morgan fingerprint density at radius 1 is 1.50 bits per heavy atom. The lowest BCUT2D eigenvalue weighted by molar-refractivity contribution is 0.301. The van der Waals surface area contributed by atoms with E-state index in [9.17, 15) is 0 Å². The highest BCUT2D eigenvalue weighted by atomic mass is 16.5. The first-order valence-electron chi connectivity index (χ1n) is 4.17. The minimum atomic E-state index is 0.373. The summed E-state index contributed by atoms with van der Waals surface area (Å²) >= 11 is 0. The number of anilines is 1. The number of H-pyrrole nitrogens is 1. The zero-order chi connectivity index (χ0) is 9.80. The van der Waals surface area contributed by atoms with Gasteiger partial charge in [-0.15, -0.1) is 0 Å². The molecule has 0 atom stereocenters. The van der Waals surface area contributed by atoms with Crippen LogP contribution in [0.15, 0.2) is 30.9 Å². The zero-order valence-corrected chi connectivity index (χ0v) is 7.47. The molecule has 0 aliphatic rings. The molecule has 2 aromatic heterocycles. The zero-order valence-electron chi connectivity index (χ0n) is 7.47. The highest BCUT2D eigenvalue weighted by Gasteiger charge is 2.01. The lowest BCUT2D eigenvalue weighted by atomic mass is 10.4. The van der Waals surface area contributed by atoms with Crippen LogP contribution >= 0.6 is 0 Å². The van der Waals surface area contributed by atoms with E-state index < -0.39 is 0 Å². The van der Waals surface area contributed by atoms with Gasteiger partial charge in [0.2, 0.25) is 0 Å². The van der Waals surface area contributed by atoms with E-state index in [0.717, 1.165) is 5.69 Å². The number of nitrogen functional groups attached to an aromatic ring is 1. The van der Waals surface area contributed by atoms with Gasteiger partial charge in [0, 0.05) is 6.20 Å². The number of nitrogens with two attached hydrogens (primary N) is 1. The Bertz CT molecular complexity index is 398. The first-order valence-corrected chi connectivity index (χ1v) is 4.17. The Morgan fingerprint density at radius 3 is 3.07 bits per heavy atom. The van der Waals surface area contributed by atoms with Crippen LogP contribution in [-0.2, 0) is 6.61 Å². The molecule has 3 N–H and O–H groups in total. The maximum absolute atomic E-state index is 5.57. The third-order valence-corrected chi connectivity index (χ3v) is 1.77. The molecule has 0 radical (unpaired) electrons. The normalized spacial score (nSPS) is 10.0. The summed E-state index contributed by atoms with van der Waals surface area (Å²) in [5, 5.41) is 0. The summed E-state index contributed by atoms with van der Waals surface area (Å²) in [6.07, 6.45) is 4.88. The number of aromatic nitrogens is 3. The molecule has 72 valence electrons. The van der Waals surface area contributed by atoms with Crippen LogP contribution in [0, 0.1) is 0 Å². The fraction of sp³-hybridized carbons (Fsp3) is 0.111. The number of imidazole rings is 1. The SMILES string of the molecule is Nc1nc[nH]c1COc1cccnc1. The van der Waals surface area contributed by atoms with Gasteiger partial charge in [0.15, 0.2) is 0 Å². The lowest BCUT2D eigenvalue weighted by Crippen LogP contribution is -1.99. The Balaban J connectivity index is 1.99. The van der Waals surface area contributed by atoms with Gasteiger partial charge >= 0.3 is 0 Å². The number of nitrogens with zero attached hydrogens (tertiary/aromatic N) is 2. The van der Waals surface area contributed by atoms with E-state index in [1.165, 1.54) is 6.33 Å². The van der Waals surface area contributed by atoms with E-state index in [1.807, 2.05) is 12.1 Å². The van der Waals surface area contributed by atoms with Gasteiger partial charge in [0.25, 0.3) is 0 Å². The van der Waals surface area contributed by atoms with Crippen molar-refractivity contribution in [1.29, 1.82) is 0 Å². The van der Waals surface area contributed by atoms with Gasteiger partial charge in [0.1, 0.15) is 18.2 Å². The Kier molecular flexibility index (Phi) is 2.31. The van der Waals surface area contributed by atoms with E-state index in [4.69, 9.17) is 10.5 Å². The second-order valence-corrected chi connectivity index (χ2v) is 2.74. The van der Waals surface area contributed by atoms with Crippen LogP contribution < -0.4 is 10.5 Å². The second kappa shape index (κ2) is 3.78. The van der Waals surface area contributed by atoms with Crippen LogP contribution in [0.25, 0.3) is 0 Å². The fourth-order valence-electron chi connectivity index (χ4n) is 1.04. The van der Waals surface area contributed by atoms with Crippen molar-refractivity contribution in [2.24, 2.45) is 0 Å². The maximum atomic E-state index is 5.57. The summed E-state index contributed by atoms with van der Waals surface area (Å²) in [4.78, 5) is 10.7. The summed E-state index contributed by atoms with van der Waals surface area (Å²) in [6.45, 7) is 0.373. The summed E-state index contributed by atoms with van der Waals surface area (Å²) in [5.74, 6) is 1.18. The molecule has 0 saturated heterocycles. The first-order chi connectivity index (χ1) is 6.86. The van der Waals surface area contributed by atoms with E-state index in [2.05, 4.69) is 15.0 Å². The van der Waals surface area contributed by atoms with Gasteiger partial charge in [-0.25, -0.2) is 4.98 Å². The molecule has 5 nitrogen and oxygen atoms in total. The summed E-state index contributed by atoms with van der Waals surface area (Å²) in [6, 6.07) is 3.64. The first kappa shape index (κ1) is 8.55. The fourth-order valence-corrected chi connectivity index (χ4v) is 1.04. The smallest absolute Gasteiger partial charge is 0.148 e. The van der Waals surface area contributed by atoms with Gasteiger partial charge in [-0.3, -0.25) is 4.98 Å². The minimum Gasteiger partial charge on any atom is -0.486 e. The van der Waals surface area contributed by atoms with Gasteiger partial charge in [-0.1, -0.05) is 0 Å². The molecular formula is C9H10N4O. The van der Waals surface area contributed by atoms with Crippen LogP contribution in [0.5, 0.6) is 5.75 Å². The van der Waals surface area contributed by atoms with Crippen molar-refractivity contribution in [1.82, 2.24) is 15.0 Å². The van der Waals surface area contributed by atoms with Crippen LogP contribution in [0.3, 0.4) is 0 Å². The minimum absolute atomic E-state index is 0.373. The summed E-state index contributed by atoms with van der Waals surface area (Å²) in [5.41, 5.74) is 6.34. The van der Waals surface area contributed by atoms with Gasteiger partial charge < -0.3 is 15.5 Å². The number of ether oxygens (including phenoxy) is 1. The number of nitrogens with one attached hydrogen (secondary N) is 1. The van der Waals surface area contributed by atoms with Crippen molar-refractivity contribution in [3.05, 3.63) is 36.5 Å². The topological polar surface area (TPSA) is 76.8 Å². The molecule has 2 aromatic rings. The Morgan fingerprint density at radius 2 is 2.43 bits per heavy atom. The van der Waals surface area contributed by atoms with Crippen LogP contribution in [0.2, 0.25) is 0 Å². The van der Waals surface area contributed by atoms with E-state index in [0.29, 0.717) is 18.2 Å². The predicted molar refractivity (Wildman–Crippen MR) is 51.6 cm³/mol. The molecule has 14 heavy (non-hydrogen) atoms. The summed E-state index contributed by atoms with van der Waals surface area (Å²) < 4.78 is 5.42. The number of rotatable bonds is 3. The van der Waals surface area contributed by atoms with E-state index in [-0.39, 0.29) is 0 Å². The Labute approximate surface area is 81.0 Å². The number of hydrogen-bond donors (Lipinski definition) is 2. The quantitative estimate of drug-likeness (QED) is 0.755. The van der Waals surface area contributed by atoms with Gasteiger partial charge in [-0.05, 0) is 12.1 Å². The highest BCUT2D eigenvalue weighted by Crippen LogP contribution is 2.11. The van der Waals surface area contributed by atoms with Crippen molar-refractivity contribution in [3.8, 4) is 5.75 Å². The second-order valence-electron chi connectivity index (χ2n) is 2.74. The average molecular weight is 190 g/mol. The van der Waals surface area contributed by atoms with Gasteiger partial charge in [-0.2, -0.15) is 0 Å². The number of aromatic amines is 1. The highest BCUT2D eigenvalue weighted by molar-refractivity contribution is 5.33.